The predicted molar refractivity (Wildman–Crippen MR) is 78.0 cm³/mol. The Morgan fingerprint density at radius 2 is 2.10 bits per heavy atom. The van der Waals surface area contributed by atoms with Gasteiger partial charge in [-0.15, -0.1) is 0 Å². The van der Waals surface area contributed by atoms with Crippen molar-refractivity contribution in [2.75, 3.05) is 18.2 Å². The second-order valence-corrected chi connectivity index (χ2v) is 5.18. The number of fused-ring (bicyclic) bond motifs is 2. The standard InChI is InChI=1S/C15H16N2O4/c1-9(2)17(7-14(18)19)15-11-6-13-12(20-8-21-13)5-10(11)3-4-16-15/h3-6,9H,7-8H2,1-2H3,(H,18,19). The smallest absolute Gasteiger partial charge is 0.323 e. The number of aromatic nitrogens is 1. The molecule has 0 saturated carbocycles. The van der Waals surface area contributed by atoms with E-state index in [1.54, 1.807) is 11.1 Å². The van der Waals surface area contributed by atoms with E-state index in [2.05, 4.69) is 4.98 Å². The molecule has 1 aromatic carbocycles. The van der Waals surface area contributed by atoms with Crippen molar-refractivity contribution in [3.63, 3.8) is 0 Å². The largest absolute Gasteiger partial charge is 0.480 e. The highest BCUT2D eigenvalue weighted by molar-refractivity contribution is 5.95. The zero-order valence-corrected chi connectivity index (χ0v) is 11.9. The van der Waals surface area contributed by atoms with Crippen LogP contribution >= 0.6 is 0 Å². The van der Waals surface area contributed by atoms with Crippen molar-refractivity contribution in [3.05, 3.63) is 24.4 Å². The fourth-order valence-electron chi connectivity index (χ4n) is 2.42. The summed E-state index contributed by atoms with van der Waals surface area (Å²) in [6, 6.07) is 5.64. The maximum Gasteiger partial charge on any atom is 0.323 e. The minimum absolute atomic E-state index is 0.0182. The van der Waals surface area contributed by atoms with Crippen molar-refractivity contribution >= 4 is 22.6 Å². The van der Waals surface area contributed by atoms with Crippen molar-refractivity contribution in [2.45, 2.75) is 19.9 Å². The highest BCUT2D eigenvalue weighted by atomic mass is 16.7. The third-order valence-electron chi connectivity index (χ3n) is 3.44. The molecular formula is C15H16N2O4. The van der Waals surface area contributed by atoms with E-state index in [9.17, 15) is 4.79 Å². The number of carboxylic acids is 1. The van der Waals surface area contributed by atoms with Crippen molar-refractivity contribution in [1.82, 2.24) is 4.98 Å². The van der Waals surface area contributed by atoms with Gasteiger partial charge in [0.05, 0.1) is 0 Å². The number of nitrogens with zero attached hydrogens (tertiary/aromatic N) is 2. The maximum atomic E-state index is 11.1. The molecule has 0 saturated heterocycles. The van der Waals surface area contributed by atoms with Crippen LogP contribution in [0.3, 0.4) is 0 Å². The van der Waals surface area contributed by atoms with Crippen LogP contribution in [0, 0.1) is 0 Å². The quantitative estimate of drug-likeness (QED) is 0.930. The molecule has 110 valence electrons. The molecule has 0 unspecified atom stereocenters. The van der Waals surface area contributed by atoms with Gasteiger partial charge in [-0.1, -0.05) is 0 Å². The minimum atomic E-state index is -0.886. The Hall–Kier alpha value is -2.50. The summed E-state index contributed by atoms with van der Waals surface area (Å²) in [4.78, 5) is 17.2. The topological polar surface area (TPSA) is 71.9 Å². The molecule has 2 heterocycles. The first kappa shape index (κ1) is 13.5. The minimum Gasteiger partial charge on any atom is -0.480 e. The fourth-order valence-corrected chi connectivity index (χ4v) is 2.42. The summed E-state index contributed by atoms with van der Waals surface area (Å²) in [5.74, 6) is 1.12. The lowest BCUT2D eigenvalue weighted by atomic mass is 10.1. The molecule has 0 amide bonds. The number of anilines is 1. The van der Waals surface area contributed by atoms with Gasteiger partial charge in [0, 0.05) is 17.6 Å². The van der Waals surface area contributed by atoms with Crippen molar-refractivity contribution < 1.29 is 19.4 Å². The highest BCUT2D eigenvalue weighted by Crippen LogP contribution is 2.38. The van der Waals surface area contributed by atoms with Crippen molar-refractivity contribution in [3.8, 4) is 11.5 Å². The molecule has 3 rings (SSSR count). The van der Waals surface area contributed by atoms with Gasteiger partial charge in [-0.2, -0.15) is 0 Å². The Bertz CT molecular complexity index is 699. The first-order chi connectivity index (χ1) is 10.1. The number of hydrogen-bond acceptors (Lipinski definition) is 5. The number of carboxylic acid groups (broad SMARTS) is 1. The number of aliphatic carboxylic acids is 1. The fraction of sp³-hybridized carbons (Fsp3) is 0.333. The number of rotatable bonds is 4. The average molecular weight is 288 g/mol. The second-order valence-electron chi connectivity index (χ2n) is 5.18. The lowest BCUT2D eigenvalue weighted by molar-refractivity contribution is -0.135. The molecule has 0 radical (unpaired) electrons. The van der Waals surface area contributed by atoms with Gasteiger partial charge in [0.1, 0.15) is 12.4 Å². The Morgan fingerprint density at radius 3 is 2.76 bits per heavy atom. The molecule has 6 heteroatoms. The Morgan fingerprint density at radius 1 is 1.38 bits per heavy atom. The van der Waals surface area contributed by atoms with Crippen LogP contribution in [0.4, 0.5) is 5.82 Å². The Labute approximate surface area is 121 Å². The number of carbonyl (C=O) groups is 1. The molecule has 2 aromatic rings. The molecule has 1 aliphatic rings. The summed E-state index contributed by atoms with van der Waals surface area (Å²) >= 11 is 0. The summed E-state index contributed by atoms with van der Waals surface area (Å²) in [7, 11) is 0. The van der Waals surface area contributed by atoms with E-state index in [0.717, 1.165) is 10.8 Å². The lowest BCUT2D eigenvalue weighted by Crippen LogP contribution is -2.36. The molecule has 6 nitrogen and oxygen atoms in total. The van der Waals surface area contributed by atoms with Gasteiger partial charge in [-0.05, 0) is 37.4 Å². The first-order valence-electron chi connectivity index (χ1n) is 6.73. The number of pyridine rings is 1. The van der Waals surface area contributed by atoms with E-state index >= 15 is 0 Å². The van der Waals surface area contributed by atoms with E-state index in [1.165, 1.54) is 0 Å². The Kier molecular flexibility index (Phi) is 3.29. The van der Waals surface area contributed by atoms with Crippen LogP contribution in [0.15, 0.2) is 24.4 Å². The van der Waals surface area contributed by atoms with Gasteiger partial charge in [0.2, 0.25) is 6.79 Å². The van der Waals surface area contributed by atoms with Crippen LogP contribution in [0.2, 0.25) is 0 Å². The maximum absolute atomic E-state index is 11.1. The van der Waals surface area contributed by atoms with Crippen molar-refractivity contribution in [2.24, 2.45) is 0 Å². The summed E-state index contributed by atoms with van der Waals surface area (Å²) in [5, 5.41) is 10.9. The van der Waals surface area contributed by atoms with Crippen LogP contribution in [0.25, 0.3) is 10.8 Å². The van der Waals surface area contributed by atoms with Gasteiger partial charge in [-0.25, -0.2) is 4.98 Å². The van der Waals surface area contributed by atoms with Crippen LogP contribution in [-0.2, 0) is 4.79 Å². The molecule has 1 aliphatic heterocycles. The molecule has 0 bridgehead atoms. The highest BCUT2D eigenvalue weighted by Gasteiger charge is 2.21. The number of benzene rings is 1. The molecule has 21 heavy (non-hydrogen) atoms. The van der Waals surface area contributed by atoms with E-state index < -0.39 is 5.97 Å². The molecule has 0 aliphatic carbocycles. The van der Waals surface area contributed by atoms with Crippen LogP contribution < -0.4 is 14.4 Å². The second kappa shape index (κ2) is 5.12. The van der Waals surface area contributed by atoms with E-state index in [4.69, 9.17) is 14.6 Å². The van der Waals surface area contributed by atoms with E-state index in [-0.39, 0.29) is 19.4 Å². The van der Waals surface area contributed by atoms with Crippen LogP contribution in [0.5, 0.6) is 11.5 Å². The molecular weight excluding hydrogens is 272 g/mol. The molecule has 0 spiro atoms. The molecule has 1 N–H and O–H groups in total. The van der Waals surface area contributed by atoms with Gasteiger partial charge < -0.3 is 19.5 Å². The summed E-state index contributed by atoms with van der Waals surface area (Å²) in [6.07, 6.45) is 1.68. The Balaban J connectivity index is 2.15. The molecule has 0 fully saturated rings. The number of ether oxygens (including phenoxy) is 2. The zero-order chi connectivity index (χ0) is 15.0. The van der Waals surface area contributed by atoms with E-state index in [0.29, 0.717) is 17.3 Å². The first-order valence-corrected chi connectivity index (χ1v) is 6.73. The average Bonchev–Trinajstić information content (AvgIpc) is 2.88. The van der Waals surface area contributed by atoms with Gasteiger partial charge in [0.25, 0.3) is 0 Å². The predicted octanol–water partition coefficient (Wildman–Crippen LogP) is 2.26. The molecule has 0 atom stereocenters. The summed E-state index contributed by atoms with van der Waals surface area (Å²) in [6.45, 7) is 3.99. The normalized spacial score (nSPS) is 12.9. The number of hydrogen-bond donors (Lipinski definition) is 1. The molecule has 1 aromatic heterocycles. The third kappa shape index (κ3) is 2.44. The van der Waals surface area contributed by atoms with Gasteiger partial charge in [0.15, 0.2) is 11.5 Å². The summed E-state index contributed by atoms with van der Waals surface area (Å²) in [5.41, 5.74) is 0. The van der Waals surface area contributed by atoms with Crippen LogP contribution in [0.1, 0.15) is 13.8 Å². The monoisotopic (exact) mass is 288 g/mol. The van der Waals surface area contributed by atoms with Gasteiger partial charge in [-0.3, -0.25) is 4.79 Å². The van der Waals surface area contributed by atoms with Crippen molar-refractivity contribution in [1.29, 1.82) is 0 Å². The zero-order valence-electron chi connectivity index (χ0n) is 11.9. The van der Waals surface area contributed by atoms with Crippen LogP contribution in [-0.4, -0.2) is 35.4 Å². The third-order valence-corrected chi connectivity index (χ3v) is 3.44. The lowest BCUT2D eigenvalue weighted by Gasteiger charge is -2.27. The SMILES string of the molecule is CC(C)N(CC(=O)O)c1nccc2cc3c(cc12)OCO3. The summed E-state index contributed by atoms with van der Waals surface area (Å²) < 4.78 is 10.8. The van der Waals surface area contributed by atoms with Gasteiger partial charge >= 0.3 is 5.97 Å². The van der Waals surface area contributed by atoms with E-state index in [1.807, 2.05) is 32.0 Å².